The van der Waals surface area contributed by atoms with E-state index in [4.69, 9.17) is 0 Å². The quantitative estimate of drug-likeness (QED) is 0.792. The second-order valence-corrected chi connectivity index (χ2v) is 5.89. The maximum absolute atomic E-state index is 3.80. The molecule has 1 fully saturated rings. The molecule has 0 aromatic heterocycles. The summed E-state index contributed by atoms with van der Waals surface area (Å²) in [5.41, 5.74) is 0.740. The van der Waals surface area contributed by atoms with Crippen LogP contribution in [0.25, 0.3) is 0 Å². The average Bonchev–Trinajstić information content (AvgIpc) is 2.61. The third kappa shape index (κ3) is 3.23. The molecule has 0 saturated carbocycles. The summed E-state index contributed by atoms with van der Waals surface area (Å²) >= 11 is 0. The molecule has 1 heterocycles. The van der Waals surface area contributed by atoms with E-state index in [1.54, 1.807) is 0 Å². The summed E-state index contributed by atoms with van der Waals surface area (Å²) in [6, 6.07) is 0. The highest BCUT2D eigenvalue weighted by molar-refractivity contribution is 4.96. The highest BCUT2D eigenvalue weighted by atomic mass is 15.2. The Hall–Kier alpha value is -0.0800. The third-order valence-electron chi connectivity index (χ3n) is 5.24. The van der Waals surface area contributed by atoms with Gasteiger partial charge in [0, 0.05) is 17.6 Å². The van der Waals surface area contributed by atoms with Gasteiger partial charge in [-0.1, -0.05) is 27.7 Å². The molecule has 0 aromatic carbocycles. The lowest BCUT2D eigenvalue weighted by Crippen LogP contribution is -2.56. The predicted octanol–water partition coefficient (Wildman–Crippen LogP) is 3.42. The predicted molar refractivity (Wildman–Crippen MR) is 76.5 cm³/mol. The SMILES string of the molecule is CCC1(CC)CN(C(C)(CC)CC)CCCN1. The van der Waals surface area contributed by atoms with E-state index < -0.39 is 0 Å². The van der Waals surface area contributed by atoms with Crippen LogP contribution in [-0.2, 0) is 0 Å². The van der Waals surface area contributed by atoms with Gasteiger partial charge in [-0.15, -0.1) is 0 Å². The van der Waals surface area contributed by atoms with E-state index in [0.29, 0.717) is 11.1 Å². The number of nitrogens with one attached hydrogen (secondary N) is 1. The van der Waals surface area contributed by atoms with Gasteiger partial charge in [0.05, 0.1) is 0 Å². The molecule has 0 unspecified atom stereocenters. The van der Waals surface area contributed by atoms with E-state index in [2.05, 4.69) is 44.8 Å². The first-order valence-electron chi connectivity index (χ1n) is 7.56. The lowest BCUT2D eigenvalue weighted by Gasteiger charge is -2.44. The van der Waals surface area contributed by atoms with Crippen LogP contribution >= 0.6 is 0 Å². The summed E-state index contributed by atoms with van der Waals surface area (Å²) in [5.74, 6) is 0. The number of rotatable bonds is 5. The van der Waals surface area contributed by atoms with Crippen molar-refractivity contribution in [2.75, 3.05) is 19.6 Å². The van der Waals surface area contributed by atoms with E-state index in [1.165, 1.54) is 51.7 Å². The Labute approximate surface area is 108 Å². The van der Waals surface area contributed by atoms with Crippen LogP contribution in [0.3, 0.4) is 0 Å². The maximum Gasteiger partial charge on any atom is 0.0303 e. The van der Waals surface area contributed by atoms with Crippen LogP contribution in [-0.4, -0.2) is 35.6 Å². The van der Waals surface area contributed by atoms with Gasteiger partial charge in [-0.25, -0.2) is 0 Å². The molecule has 2 heteroatoms. The van der Waals surface area contributed by atoms with Gasteiger partial charge in [0.2, 0.25) is 0 Å². The zero-order chi connectivity index (χ0) is 12.9. The summed E-state index contributed by atoms with van der Waals surface area (Å²) < 4.78 is 0. The fraction of sp³-hybridized carbons (Fsp3) is 1.00. The smallest absolute Gasteiger partial charge is 0.0303 e. The Morgan fingerprint density at radius 2 is 1.71 bits per heavy atom. The van der Waals surface area contributed by atoms with Gasteiger partial charge in [0.15, 0.2) is 0 Å². The molecule has 2 nitrogen and oxygen atoms in total. The Bertz CT molecular complexity index is 217. The van der Waals surface area contributed by atoms with Gasteiger partial charge in [0.1, 0.15) is 0 Å². The molecule has 0 spiro atoms. The zero-order valence-electron chi connectivity index (χ0n) is 12.6. The number of hydrogen-bond donors (Lipinski definition) is 1. The molecule has 1 aliphatic rings. The molecule has 0 radical (unpaired) electrons. The lowest BCUT2D eigenvalue weighted by atomic mass is 9.87. The van der Waals surface area contributed by atoms with Crippen molar-refractivity contribution < 1.29 is 0 Å². The zero-order valence-corrected chi connectivity index (χ0v) is 12.6. The molecular weight excluding hydrogens is 208 g/mol. The van der Waals surface area contributed by atoms with E-state index >= 15 is 0 Å². The minimum Gasteiger partial charge on any atom is -0.310 e. The monoisotopic (exact) mass is 240 g/mol. The highest BCUT2D eigenvalue weighted by Gasteiger charge is 2.36. The van der Waals surface area contributed by atoms with Crippen LogP contribution < -0.4 is 5.32 Å². The fourth-order valence-corrected chi connectivity index (χ4v) is 3.01. The molecule has 1 N–H and O–H groups in total. The molecule has 0 aliphatic carbocycles. The van der Waals surface area contributed by atoms with Crippen LogP contribution in [0, 0.1) is 0 Å². The summed E-state index contributed by atoms with van der Waals surface area (Å²) in [5, 5.41) is 3.80. The molecule has 1 rings (SSSR count). The fourth-order valence-electron chi connectivity index (χ4n) is 3.01. The van der Waals surface area contributed by atoms with Crippen LogP contribution in [0.4, 0.5) is 0 Å². The Morgan fingerprint density at radius 3 is 2.18 bits per heavy atom. The summed E-state index contributed by atoms with van der Waals surface area (Å²) in [6.45, 7) is 15.4. The molecule has 0 aromatic rings. The number of nitrogens with zero attached hydrogens (tertiary/aromatic N) is 1. The summed E-state index contributed by atoms with van der Waals surface area (Å²) in [4.78, 5) is 2.75. The average molecular weight is 240 g/mol. The summed E-state index contributed by atoms with van der Waals surface area (Å²) in [6.07, 6.45) is 6.28. The Kier molecular flexibility index (Phi) is 5.46. The molecule has 17 heavy (non-hydrogen) atoms. The van der Waals surface area contributed by atoms with Gasteiger partial charge in [0.25, 0.3) is 0 Å². The molecule has 0 bridgehead atoms. The third-order valence-corrected chi connectivity index (χ3v) is 5.24. The topological polar surface area (TPSA) is 15.3 Å². The van der Waals surface area contributed by atoms with Gasteiger partial charge in [-0.05, 0) is 52.1 Å². The van der Waals surface area contributed by atoms with Gasteiger partial charge in [-0.3, -0.25) is 4.90 Å². The van der Waals surface area contributed by atoms with Crippen molar-refractivity contribution in [2.24, 2.45) is 0 Å². The normalized spacial score (nSPS) is 22.4. The first kappa shape index (κ1) is 15.0. The van der Waals surface area contributed by atoms with Crippen molar-refractivity contribution >= 4 is 0 Å². The first-order valence-corrected chi connectivity index (χ1v) is 7.56. The van der Waals surface area contributed by atoms with Crippen molar-refractivity contribution in [1.82, 2.24) is 10.2 Å². The Balaban J connectivity index is 2.85. The van der Waals surface area contributed by atoms with Gasteiger partial charge >= 0.3 is 0 Å². The second-order valence-electron chi connectivity index (χ2n) is 5.89. The summed E-state index contributed by atoms with van der Waals surface area (Å²) in [7, 11) is 0. The molecule has 102 valence electrons. The van der Waals surface area contributed by atoms with Crippen molar-refractivity contribution in [3.8, 4) is 0 Å². The van der Waals surface area contributed by atoms with Gasteiger partial charge in [-0.2, -0.15) is 0 Å². The van der Waals surface area contributed by atoms with Gasteiger partial charge < -0.3 is 5.32 Å². The molecular formula is C15H32N2. The van der Waals surface area contributed by atoms with E-state index in [-0.39, 0.29) is 0 Å². The van der Waals surface area contributed by atoms with Crippen molar-refractivity contribution in [3.05, 3.63) is 0 Å². The first-order chi connectivity index (χ1) is 8.05. The van der Waals surface area contributed by atoms with Crippen molar-refractivity contribution in [1.29, 1.82) is 0 Å². The Morgan fingerprint density at radius 1 is 1.12 bits per heavy atom. The van der Waals surface area contributed by atoms with Crippen LogP contribution in [0.1, 0.15) is 66.7 Å². The van der Waals surface area contributed by atoms with Crippen LogP contribution in [0.5, 0.6) is 0 Å². The van der Waals surface area contributed by atoms with E-state index in [1.807, 2.05) is 0 Å². The molecule has 0 atom stereocenters. The van der Waals surface area contributed by atoms with Crippen molar-refractivity contribution in [2.45, 2.75) is 77.8 Å². The lowest BCUT2D eigenvalue weighted by molar-refractivity contribution is 0.0692. The maximum atomic E-state index is 3.80. The number of hydrogen-bond acceptors (Lipinski definition) is 2. The standard InChI is InChI=1S/C15H32N2/c1-6-14(5,7-2)17-12-10-11-16-15(8-3,9-4)13-17/h16H,6-13H2,1-5H3. The van der Waals surface area contributed by atoms with Crippen LogP contribution in [0.2, 0.25) is 0 Å². The largest absolute Gasteiger partial charge is 0.310 e. The highest BCUT2D eigenvalue weighted by Crippen LogP contribution is 2.29. The second kappa shape index (κ2) is 6.19. The van der Waals surface area contributed by atoms with Crippen molar-refractivity contribution in [3.63, 3.8) is 0 Å². The molecule has 0 amide bonds. The molecule has 1 aliphatic heterocycles. The minimum absolute atomic E-state index is 0.349. The van der Waals surface area contributed by atoms with E-state index in [0.717, 1.165) is 0 Å². The van der Waals surface area contributed by atoms with Crippen LogP contribution in [0.15, 0.2) is 0 Å². The minimum atomic E-state index is 0.349. The van der Waals surface area contributed by atoms with E-state index in [9.17, 15) is 0 Å². The molecule has 1 saturated heterocycles.